The van der Waals surface area contributed by atoms with Crippen LogP contribution < -0.4 is 0 Å². The van der Waals surface area contributed by atoms with Crippen LogP contribution in [0.5, 0.6) is 0 Å². The lowest BCUT2D eigenvalue weighted by Gasteiger charge is -2.44. The standard InChI is InChI=1S/C13H27NO/c1-5-6-7-8-14(11(2)3)12-9-13(10-12)15-4/h11-13H,5-10H2,1-4H3. The van der Waals surface area contributed by atoms with Gasteiger partial charge in [0.1, 0.15) is 0 Å². The highest BCUT2D eigenvalue weighted by Gasteiger charge is 2.34. The number of unbranched alkanes of at least 4 members (excludes halogenated alkanes) is 2. The molecule has 0 spiro atoms. The molecule has 0 aromatic carbocycles. The molecule has 0 N–H and O–H groups in total. The van der Waals surface area contributed by atoms with Gasteiger partial charge in [-0.25, -0.2) is 0 Å². The number of hydrogen-bond acceptors (Lipinski definition) is 2. The second-order valence-electron chi connectivity index (χ2n) is 5.02. The van der Waals surface area contributed by atoms with Gasteiger partial charge in [-0.15, -0.1) is 0 Å². The average Bonchev–Trinajstić information content (AvgIpc) is 2.13. The molecule has 1 aliphatic carbocycles. The predicted octanol–water partition coefficient (Wildman–Crippen LogP) is 3.06. The van der Waals surface area contributed by atoms with Gasteiger partial charge in [-0.3, -0.25) is 4.90 Å². The lowest BCUT2D eigenvalue weighted by atomic mass is 9.87. The van der Waals surface area contributed by atoms with E-state index >= 15 is 0 Å². The first-order chi connectivity index (χ1) is 7.19. The number of rotatable bonds is 7. The van der Waals surface area contributed by atoms with Crippen LogP contribution in [0.2, 0.25) is 0 Å². The number of methoxy groups -OCH3 is 1. The molecule has 0 aliphatic heterocycles. The molecule has 0 amide bonds. The van der Waals surface area contributed by atoms with Gasteiger partial charge in [-0.2, -0.15) is 0 Å². The zero-order valence-corrected chi connectivity index (χ0v) is 10.8. The zero-order valence-electron chi connectivity index (χ0n) is 10.8. The van der Waals surface area contributed by atoms with E-state index in [1.54, 1.807) is 0 Å². The van der Waals surface area contributed by atoms with Crippen molar-refractivity contribution in [2.24, 2.45) is 0 Å². The summed E-state index contributed by atoms with van der Waals surface area (Å²) in [5.74, 6) is 0. The minimum atomic E-state index is 0.530. The highest BCUT2D eigenvalue weighted by molar-refractivity contribution is 4.89. The third-order valence-electron chi connectivity index (χ3n) is 3.56. The van der Waals surface area contributed by atoms with Crippen LogP contribution in [0.4, 0.5) is 0 Å². The molecule has 1 fully saturated rings. The average molecular weight is 213 g/mol. The molecule has 0 unspecified atom stereocenters. The Hall–Kier alpha value is -0.0800. The topological polar surface area (TPSA) is 12.5 Å². The fourth-order valence-electron chi connectivity index (χ4n) is 2.41. The Bertz CT molecular complexity index is 164. The lowest BCUT2D eigenvalue weighted by Crippen LogP contribution is -2.50. The van der Waals surface area contributed by atoms with Gasteiger partial charge in [0.15, 0.2) is 0 Å². The second kappa shape index (κ2) is 6.49. The molecule has 0 aromatic rings. The highest BCUT2D eigenvalue weighted by Crippen LogP contribution is 2.29. The van der Waals surface area contributed by atoms with E-state index in [4.69, 9.17) is 4.74 Å². The minimum absolute atomic E-state index is 0.530. The highest BCUT2D eigenvalue weighted by atomic mass is 16.5. The van der Waals surface area contributed by atoms with Crippen LogP contribution in [0.25, 0.3) is 0 Å². The summed E-state index contributed by atoms with van der Waals surface area (Å²) < 4.78 is 5.35. The van der Waals surface area contributed by atoms with Crippen molar-refractivity contribution in [2.75, 3.05) is 13.7 Å². The molecule has 2 heteroatoms. The summed E-state index contributed by atoms with van der Waals surface area (Å²) in [5.41, 5.74) is 0. The van der Waals surface area contributed by atoms with Gasteiger partial charge in [-0.05, 0) is 39.7 Å². The molecule has 0 aromatic heterocycles. The maximum Gasteiger partial charge on any atom is 0.0601 e. The molecule has 0 radical (unpaired) electrons. The van der Waals surface area contributed by atoms with Crippen molar-refractivity contribution in [3.05, 3.63) is 0 Å². The zero-order chi connectivity index (χ0) is 11.3. The van der Waals surface area contributed by atoms with Crippen molar-refractivity contribution in [3.63, 3.8) is 0 Å². The summed E-state index contributed by atoms with van der Waals surface area (Å²) in [6.45, 7) is 8.16. The van der Waals surface area contributed by atoms with Gasteiger partial charge in [0, 0.05) is 19.2 Å². The van der Waals surface area contributed by atoms with Crippen molar-refractivity contribution in [1.29, 1.82) is 0 Å². The van der Waals surface area contributed by atoms with E-state index in [-0.39, 0.29) is 0 Å². The maximum absolute atomic E-state index is 5.35. The number of nitrogens with zero attached hydrogens (tertiary/aromatic N) is 1. The fraction of sp³-hybridized carbons (Fsp3) is 1.00. The van der Waals surface area contributed by atoms with E-state index in [0.717, 1.165) is 6.04 Å². The van der Waals surface area contributed by atoms with Gasteiger partial charge >= 0.3 is 0 Å². The van der Waals surface area contributed by atoms with E-state index in [0.29, 0.717) is 12.1 Å². The van der Waals surface area contributed by atoms with E-state index < -0.39 is 0 Å². The normalized spacial score (nSPS) is 26.0. The summed E-state index contributed by atoms with van der Waals surface area (Å²) in [6.07, 6.45) is 7.04. The van der Waals surface area contributed by atoms with Crippen LogP contribution in [-0.4, -0.2) is 36.7 Å². The molecule has 90 valence electrons. The molecule has 1 aliphatic rings. The first kappa shape index (κ1) is 13.0. The van der Waals surface area contributed by atoms with Crippen molar-refractivity contribution in [2.45, 2.75) is 71.1 Å². The van der Waals surface area contributed by atoms with Crippen LogP contribution in [0.3, 0.4) is 0 Å². The Morgan fingerprint density at radius 3 is 2.40 bits per heavy atom. The van der Waals surface area contributed by atoms with E-state index in [1.165, 1.54) is 38.6 Å². The monoisotopic (exact) mass is 213 g/mol. The molecule has 0 heterocycles. The van der Waals surface area contributed by atoms with E-state index in [2.05, 4.69) is 25.7 Å². The Labute approximate surface area is 95.0 Å². The maximum atomic E-state index is 5.35. The Morgan fingerprint density at radius 1 is 1.27 bits per heavy atom. The summed E-state index contributed by atoms with van der Waals surface area (Å²) in [7, 11) is 1.83. The summed E-state index contributed by atoms with van der Waals surface area (Å²) in [6, 6.07) is 1.47. The van der Waals surface area contributed by atoms with Crippen LogP contribution in [0, 0.1) is 0 Å². The smallest absolute Gasteiger partial charge is 0.0601 e. The minimum Gasteiger partial charge on any atom is -0.381 e. The Morgan fingerprint density at radius 2 is 1.93 bits per heavy atom. The number of hydrogen-bond donors (Lipinski definition) is 0. The van der Waals surface area contributed by atoms with Crippen molar-refractivity contribution in [3.8, 4) is 0 Å². The van der Waals surface area contributed by atoms with E-state index in [1.807, 2.05) is 7.11 Å². The van der Waals surface area contributed by atoms with E-state index in [9.17, 15) is 0 Å². The largest absolute Gasteiger partial charge is 0.381 e. The summed E-state index contributed by atoms with van der Waals surface area (Å²) in [4.78, 5) is 2.66. The molecule has 1 saturated carbocycles. The van der Waals surface area contributed by atoms with Crippen molar-refractivity contribution < 1.29 is 4.74 Å². The molecule has 0 atom stereocenters. The van der Waals surface area contributed by atoms with Gasteiger partial charge in [0.25, 0.3) is 0 Å². The first-order valence-electron chi connectivity index (χ1n) is 6.47. The molecular formula is C13H27NO. The predicted molar refractivity (Wildman–Crippen MR) is 65.2 cm³/mol. The van der Waals surface area contributed by atoms with Gasteiger partial charge in [0.05, 0.1) is 6.10 Å². The second-order valence-corrected chi connectivity index (χ2v) is 5.02. The molecule has 15 heavy (non-hydrogen) atoms. The van der Waals surface area contributed by atoms with Crippen LogP contribution in [-0.2, 0) is 4.74 Å². The fourth-order valence-corrected chi connectivity index (χ4v) is 2.41. The third kappa shape index (κ3) is 3.76. The van der Waals surface area contributed by atoms with Crippen LogP contribution >= 0.6 is 0 Å². The molecular weight excluding hydrogens is 186 g/mol. The molecule has 0 saturated heterocycles. The van der Waals surface area contributed by atoms with Crippen molar-refractivity contribution in [1.82, 2.24) is 4.90 Å². The van der Waals surface area contributed by atoms with Crippen molar-refractivity contribution >= 4 is 0 Å². The molecule has 0 bridgehead atoms. The molecule has 2 nitrogen and oxygen atoms in total. The lowest BCUT2D eigenvalue weighted by molar-refractivity contribution is -0.0370. The summed E-state index contributed by atoms with van der Waals surface area (Å²) in [5, 5.41) is 0. The Balaban J connectivity index is 2.25. The summed E-state index contributed by atoms with van der Waals surface area (Å²) >= 11 is 0. The van der Waals surface area contributed by atoms with Crippen LogP contribution in [0.1, 0.15) is 52.9 Å². The quantitative estimate of drug-likeness (QED) is 0.603. The van der Waals surface area contributed by atoms with Crippen LogP contribution in [0.15, 0.2) is 0 Å². The van der Waals surface area contributed by atoms with Gasteiger partial charge < -0.3 is 4.74 Å². The SMILES string of the molecule is CCCCCN(C(C)C)C1CC(OC)C1. The van der Waals surface area contributed by atoms with Gasteiger partial charge in [0.2, 0.25) is 0 Å². The Kier molecular flexibility index (Phi) is 5.62. The third-order valence-corrected chi connectivity index (χ3v) is 3.56. The number of ether oxygens (including phenoxy) is 1. The first-order valence-corrected chi connectivity index (χ1v) is 6.47. The molecule has 1 rings (SSSR count). The van der Waals surface area contributed by atoms with Gasteiger partial charge in [-0.1, -0.05) is 19.8 Å².